The molecule has 0 saturated heterocycles. The number of hydrogen-bond donors (Lipinski definition) is 0. The topological polar surface area (TPSA) is 50.6 Å². The molecule has 1 aliphatic carbocycles. The van der Waals surface area contributed by atoms with E-state index >= 15 is 0 Å². The summed E-state index contributed by atoms with van der Waals surface area (Å²) in [5.74, 6) is 1.59. The van der Waals surface area contributed by atoms with Crippen LogP contribution in [0.25, 0.3) is 0 Å². The molecule has 0 N–H and O–H groups in total. The van der Waals surface area contributed by atoms with Crippen molar-refractivity contribution in [3.05, 3.63) is 81.8 Å². The lowest BCUT2D eigenvalue weighted by Crippen LogP contribution is -2.52. The molecule has 34 heavy (non-hydrogen) atoms. The second kappa shape index (κ2) is 10.0. The van der Waals surface area contributed by atoms with Crippen LogP contribution in [0, 0.1) is 6.92 Å². The average molecular weight is 459 g/mol. The van der Waals surface area contributed by atoms with Crippen molar-refractivity contribution < 1.29 is 4.74 Å². The monoisotopic (exact) mass is 458 g/mol. The van der Waals surface area contributed by atoms with Crippen LogP contribution in [0.5, 0.6) is 5.75 Å². The highest BCUT2D eigenvalue weighted by Gasteiger charge is 2.32. The van der Waals surface area contributed by atoms with E-state index in [9.17, 15) is 4.79 Å². The van der Waals surface area contributed by atoms with Crippen LogP contribution in [0.4, 0.5) is 11.6 Å². The molecule has 1 saturated carbocycles. The van der Waals surface area contributed by atoms with Crippen LogP contribution in [0.2, 0.25) is 0 Å². The highest BCUT2D eigenvalue weighted by molar-refractivity contribution is 5.59. The van der Waals surface area contributed by atoms with Crippen molar-refractivity contribution in [3.63, 3.8) is 0 Å². The summed E-state index contributed by atoms with van der Waals surface area (Å²) in [6.45, 7) is 5.93. The molecule has 0 spiro atoms. The van der Waals surface area contributed by atoms with Gasteiger partial charge in [0, 0.05) is 23.7 Å². The Balaban J connectivity index is 1.55. The molecular weight excluding hydrogens is 424 g/mol. The van der Waals surface area contributed by atoms with Crippen LogP contribution in [0.15, 0.2) is 59.4 Å². The third kappa shape index (κ3) is 4.60. The minimum Gasteiger partial charge on any atom is -0.494 e. The lowest BCUT2D eigenvalue weighted by molar-refractivity contribution is 0.107. The third-order valence-corrected chi connectivity index (χ3v) is 7.11. The molecule has 0 amide bonds. The highest BCUT2D eigenvalue weighted by Crippen LogP contribution is 2.32. The van der Waals surface area contributed by atoms with Gasteiger partial charge >= 0.3 is 0 Å². The summed E-state index contributed by atoms with van der Waals surface area (Å²) < 4.78 is 7.53. The Kier molecular flexibility index (Phi) is 6.68. The predicted octanol–water partition coefficient (Wildman–Crippen LogP) is 5.24. The molecule has 2 aliphatic rings. The lowest BCUT2D eigenvalue weighted by Gasteiger charge is -2.43. The minimum absolute atomic E-state index is 0.0720. The Hall–Kier alpha value is -3.12. The van der Waals surface area contributed by atoms with E-state index in [0.717, 1.165) is 40.9 Å². The number of anilines is 2. The van der Waals surface area contributed by atoms with Crippen molar-refractivity contribution in [1.29, 1.82) is 0 Å². The van der Waals surface area contributed by atoms with Crippen LogP contribution < -0.4 is 15.2 Å². The molecule has 1 fully saturated rings. The van der Waals surface area contributed by atoms with Gasteiger partial charge in [-0.2, -0.15) is 0 Å². The maximum Gasteiger partial charge on any atom is 0.259 e. The quantitative estimate of drug-likeness (QED) is 0.505. The fraction of sp³-hybridized carbons (Fsp3) is 0.429. The summed E-state index contributed by atoms with van der Waals surface area (Å²) >= 11 is 0. The Morgan fingerprint density at radius 1 is 0.971 bits per heavy atom. The molecule has 0 radical (unpaired) electrons. The number of nitrogens with zero attached hydrogens (tertiary/aromatic N) is 4. The zero-order valence-corrected chi connectivity index (χ0v) is 20.2. The summed E-state index contributed by atoms with van der Waals surface area (Å²) in [6.07, 6.45) is 6.82. The molecule has 178 valence electrons. The van der Waals surface area contributed by atoms with Gasteiger partial charge in [0.2, 0.25) is 5.95 Å². The van der Waals surface area contributed by atoms with Crippen LogP contribution in [-0.2, 0) is 13.1 Å². The van der Waals surface area contributed by atoms with Gasteiger partial charge in [0.1, 0.15) is 5.75 Å². The first kappa shape index (κ1) is 22.7. The zero-order chi connectivity index (χ0) is 23.5. The van der Waals surface area contributed by atoms with E-state index in [1.165, 1.54) is 32.1 Å². The molecule has 6 nitrogen and oxygen atoms in total. The van der Waals surface area contributed by atoms with Gasteiger partial charge in [0.05, 0.1) is 25.6 Å². The van der Waals surface area contributed by atoms with Gasteiger partial charge < -0.3 is 4.74 Å². The minimum atomic E-state index is 0.0720. The predicted molar refractivity (Wildman–Crippen MR) is 136 cm³/mol. The summed E-state index contributed by atoms with van der Waals surface area (Å²) in [4.78, 5) is 23.5. The van der Waals surface area contributed by atoms with Gasteiger partial charge in [0.25, 0.3) is 5.56 Å². The normalized spacial score (nSPS) is 16.9. The highest BCUT2D eigenvalue weighted by atomic mass is 16.5. The van der Waals surface area contributed by atoms with Crippen LogP contribution in [0.1, 0.15) is 55.8 Å². The summed E-state index contributed by atoms with van der Waals surface area (Å²) in [7, 11) is 0. The van der Waals surface area contributed by atoms with E-state index in [0.29, 0.717) is 25.7 Å². The maximum absolute atomic E-state index is 13.8. The second-order valence-corrected chi connectivity index (χ2v) is 9.39. The van der Waals surface area contributed by atoms with E-state index in [1.54, 1.807) is 0 Å². The number of benzene rings is 2. The van der Waals surface area contributed by atoms with Crippen molar-refractivity contribution >= 4 is 11.6 Å². The van der Waals surface area contributed by atoms with Crippen molar-refractivity contribution in [2.24, 2.45) is 0 Å². The molecule has 6 heteroatoms. The smallest absolute Gasteiger partial charge is 0.259 e. The van der Waals surface area contributed by atoms with Crippen molar-refractivity contribution in [2.45, 2.75) is 65.1 Å². The number of hydrogen-bond acceptors (Lipinski definition) is 5. The van der Waals surface area contributed by atoms with E-state index in [2.05, 4.69) is 34.1 Å². The van der Waals surface area contributed by atoms with E-state index in [-0.39, 0.29) is 5.56 Å². The van der Waals surface area contributed by atoms with Crippen molar-refractivity contribution in [2.75, 3.05) is 18.2 Å². The summed E-state index contributed by atoms with van der Waals surface area (Å²) in [6, 6.07) is 18.8. The van der Waals surface area contributed by atoms with Gasteiger partial charge in [-0.05, 0) is 56.5 Å². The Morgan fingerprint density at radius 2 is 1.71 bits per heavy atom. The Morgan fingerprint density at radius 3 is 2.41 bits per heavy atom. The van der Waals surface area contributed by atoms with Gasteiger partial charge in [-0.1, -0.05) is 49.6 Å². The van der Waals surface area contributed by atoms with Crippen LogP contribution >= 0.6 is 0 Å². The maximum atomic E-state index is 13.8. The second-order valence-electron chi connectivity index (χ2n) is 9.39. The number of aromatic nitrogens is 2. The molecule has 2 heterocycles. The Bertz CT molecular complexity index is 1170. The molecule has 2 aromatic carbocycles. The van der Waals surface area contributed by atoms with E-state index in [4.69, 9.17) is 9.72 Å². The van der Waals surface area contributed by atoms with Crippen LogP contribution in [-0.4, -0.2) is 33.8 Å². The van der Waals surface area contributed by atoms with Crippen molar-refractivity contribution in [3.8, 4) is 5.75 Å². The number of aryl methyl sites for hydroxylation is 1. The molecule has 0 bridgehead atoms. The Labute approximate surface area is 201 Å². The molecular formula is C28H34N4O2. The fourth-order valence-corrected chi connectivity index (χ4v) is 5.26. The van der Waals surface area contributed by atoms with Crippen molar-refractivity contribution in [1.82, 2.24) is 14.5 Å². The summed E-state index contributed by atoms with van der Waals surface area (Å²) in [5.41, 5.74) is 3.82. The molecule has 1 aliphatic heterocycles. The number of rotatable bonds is 6. The van der Waals surface area contributed by atoms with E-state index < -0.39 is 0 Å². The molecule has 0 atom stereocenters. The van der Waals surface area contributed by atoms with Gasteiger partial charge in [-0.25, -0.2) is 4.98 Å². The van der Waals surface area contributed by atoms with Gasteiger partial charge in [-0.3, -0.25) is 19.2 Å². The SMILES string of the molecule is CCOc1ccc(N2CN(C3CCCCC3)Cn3c2nc(C)c(Cc2ccccc2)c3=O)cc1. The molecule has 3 aromatic rings. The first-order valence-electron chi connectivity index (χ1n) is 12.5. The average Bonchev–Trinajstić information content (AvgIpc) is 2.88. The standard InChI is InChI=1S/C28H34N4O2/c1-3-34-25-16-14-24(15-17-25)31-19-30(23-12-8-5-9-13-23)20-32-27(33)26(21(2)29-28(31)32)18-22-10-6-4-7-11-22/h4,6-7,10-11,14-17,23H,3,5,8-9,12-13,18-20H2,1-2H3. The first-order chi connectivity index (χ1) is 16.6. The fourth-order valence-electron chi connectivity index (χ4n) is 5.26. The molecule has 5 rings (SSSR count). The van der Waals surface area contributed by atoms with Crippen LogP contribution in [0.3, 0.4) is 0 Å². The molecule has 0 unspecified atom stereocenters. The number of fused-ring (bicyclic) bond motifs is 1. The number of ether oxygens (including phenoxy) is 1. The lowest BCUT2D eigenvalue weighted by atomic mass is 9.94. The molecule has 1 aromatic heterocycles. The zero-order valence-electron chi connectivity index (χ0n) is 20.2. The van der Waals surface area contributed by atoms with Gasteiger partial charge in [0.15, 0.2) is 0 Å². The largest absolute Gasteiger partial charge is 0.494 e. The first-order valence-corrected chi connectivity index (χ1v) is 12.5. The van der Waals surface area contributed by atoms with Gasteiger partial charge in [-0.15, -0.1) is 0 Å². The van der Waals surface area contributed by atoms with E-state index in [1.807, 2.05) is 48.7 Å². The summed E-state index contributed by atoms with van der Waals surface area (Å²) in [5, 5.41) is 0. The third-order valence-electron chi connectivity index (χ3n) is 7.11.